The predicted octanol–water partition coefficient (Wildman–Crippen LogP) is -2.28. The fourth-order valence-corrected chi connectivity index (χ4v) is 0.389. The van der Waals surface area contributed by atoms with Crippen LogP contribution in [0.25, 0.3) is 0 Å². The SMILES string of the molecule is NC(=O)C(=O)NS(=O)O. The molecule has 0 bridgehead atoms. The first-order chi connectivity index (χ1) is 4.04. The summed E-state index contributed by atoms with van der Waals surface area (Å²) < 4.78 is 18.9. The standard InChI is InChI=1S/C2H4N2O4S/c3-1(5)2(6)4-9(7)8/h(H2,3,5)(H,4,6)(H,7,8). The van der Waals surface area contributed by atoms with Gasteiger partial charge in [0.15, 0.2) is 0 Å². The van der Waals surface area contributed by atoms with Gasteiger partial charge >= 0.3 is 11.8 Å². The summed E-state index contributed by atoms with van der Waals surface area (Å²) in [5.41, 5.74) is 4.39. The number of amides is 2. The normalized spacial score (nSPS) is 12.1. The second-order valence-corrected chi connectivity index (χ2v) is 1.75. The first-order valence-corrected chi connectivity index (χ1v) is 2.86. The Morgan fingerprint density at radius 2 is 2.00 bits per heavy atom. The van der Waals surface area contributed by atoms with E-state index in [1.807, 2.05) is 0 Å². The molecule has 52 valence electrons. The van der Waals surface area contributed by atoms with Crippen molar-refractivity contribution in [2.75, 3.05) is 0 Å². The summed E-state index contributed by atoms with van der Waals surface area (Å²) in [5, 5.41) is 0. The second-order valence-electron chi connectivity index (χ2n) is 1.04. The van der Waals surface area contributed by atoms with Crippen molar-refractivity contribution in [3.8, 4) is 0 Å². The van der Waals surface area contributed by atoms with E-state index in [0.29, 0.717) is 0 Å². The average Bonchev–Trinajstić information content (AvgIpc) is 1.63. The van der Waals surface area contributed by atoms with Crippen LogP contribution in [0.3, 0.4) is 0 Å². The van der Waals surface area contributed by atoms with Gasteiger partial charge in [0.1, 0.15) is 0 Å². The molecule has 0 heterocycles. The third-order valence-electron chi connectivity index (χ3n) is 0.404. The van der Waals surface area contributed by atoms with E-state index in [0.717, 1.165) is 0 Å². The molecular weight excluding hydrogens is 148 g/mol. The fourth-order valence-electron chi connectivity index (χ4n) is 0.130. The molecule has 0 aromatic heterocycles. The number of hydrogen-bond donors (Lipinski definition) is 3. The Bertz CT molecular complexity index is 166. The Hall–Kier alpha value is -0.950. The van der Waals surface area contributed by atoms with Crippen LogP contribution in [0.15, 0.2) is 0 Å². The van der Waals surface area contributed by atoms with Crippen LogP contribution >= 0.6 is 0 Å². The van der Waals surface area contributed by atoms with Crippen LogP contribution in [0.2, 0.25) is 0 Å². The number of hydrogen-bond acceptors (Lipinski definition) is 3. The molecule has 0 aliphatic rings. The topological polar surface area (TPSA) is 109 Å². The molecule has 0 aliphatic heterocycles. The highest BCUT2D eigenvalue weighted by Gasteiger charge is 2.08. The molecule has 6 nitrogen and oxygen atoms in total. The van der Waals surface area contributed by atoms with Crippen molar-refractivity contribution in [1.82, 2.24) is 4.72 Å². The highest BCUT2D eigenvalue weighted by molar-refractivity contribution is 7.77. The van der Waals surface area contributed by atoms with Gasteiger partial charge in [-0.3, -0.25) is 14.1 Å². The number of nitrogens with two attached hydrogens (primary N) is 1. The van der Waals surface area contributed by atoms with Gasteiger partial charge in [0, 0.05) is 0 Å². The minimum absolute atomic E-state index is 1.28. The third kappa shape index (κ3) is 3.62. The maximum atomic E-state index is 10.0. The maximum absolute atomic E-state index is 10.0. The summed E-state index contributed by atoms with van der Waals surface area (Å²) in [5.74, 6) is -2.58. The van der Waals surface area contributed by atoms with Gasteiger partial charge in [-0.25, -0.2) is 8.93 Å². The molecule has 0 saturated heterocycles. The van der Waals surface area contributed by atoms with E-state index >= 15 is 0 Å². The minimum Gasteiger partial charge on any atom is -0.361 e. The third-order valence-corrected chi connectivity index (χ3v) is 0.764. The van der Waals surface area contributed by atoms with Crippen molar-refractivity contribution in [3.63, 3.8) is 0 Å². The zero-order valence-electron chi connectivity index (χ0n) is 4.16. The van der Waals surface area contributed by atoms with Crippen molar-refractivity contribution in [2.24, 2.45) is 5.73 Å². The smallest absolute Gasteiger partial charge is 0.322 e. The summed E-state index contributed by atoms with van der Waals surface area (Å²) in [4.78, 5) is 19.8. The van der Waals surface area contributed by atoms with E-state index in [-0.39, 0.29) is 0 Å². The molecule has 0 fully saturated rings. The molecule has 0 spiro atoms. The summed E-state index contributed by atoms with van der Waals surface area (Å²) in [6.07, 6.45) is 0. The molecule has 0 aromatic rings. The van der Waals surface area contributed by atoms with E-state index in [2.05, 4.69) is 5.73 Å². The van der Waals surface area contributed by atoms with Gasteiger partial charge in [0.05, 0.1) is 0 Å². The number of carbonyl (C=O) groups is 2. The minimum atomic E-state index is -2.52. The molecule has 2 amide bonds. The van der Waals surface area contributed by atoms with Crippen molar-refractivity contribution in [3.05, 3.63) is 0 Å². The Morgan fingerprint density at radius 1 is 1.56 bits per heavy atom. The van der Waals surface area contributed by atoms with Gasteiger partial charge in [0.2, 0.25) is 0 Å². The van der Waals surface area contributed by atoms with E-state index < -0.39 is 23.1 Å². The van der Waals surface area contributed by atoms with E-state index in [9.17, 15) is 13.8 Å². The van der Waals surface area contributed by atoms with Crippen LogP contribution < -0.4 is 10.5 Å². The number of carbonyl (C=O) groups excluding carboxylic acids is 2. The largest absolute Gasteiger partial charge is 0.361 e. The average molecular weight is 152 g/mol. The van der Waals surface area contributed by atoms with E-state index in [1.165, 1.54) is 4.72 Å². The van der Waals surface area contributed by atoms with Crippen molar-refractivity contribution < 1.29 is 18.4 Å². The van der Waals surface area contributed by atoms with Crippen molar-refractivity contribution in [2.45, 2.75) is 0 Å². The Labute approximate surface area is 52.8 Å². The second kappa shape index (κ2) is 3.15. The Morgan fingerprint density at radius 3 is 2.11 bits per heavy atom. The molecule has 9 heavy (non-hydrogen) atoms. The zero-order valence-corrected chi connectivity index (χ0v) is 4.97. The highest BCUT2D eigenvalue weighted by Crippen LogP contribution is 1.64. The number of rotatable bonds is 1. The van der Waals surface area contributed by atoms with Gasteiger partial charge in [-0.2, -0.15) is 0 Å². The lowest BCUT2D eigenvalue weighted by Gasteiger charge is -1.91. The predicted molar refractivity (Wildman–Crippen MR) is 28.1 cm³/mol. The first-order valence-electron chi connectivity index (χ1n) is 1.75. The van der Waals surface area contributed by atoms with Gasteiger partial charge in [0.25, 0.3) is 11.3 Å². The Kier molecular flexibility index (Phi) is 2.82. The zero-order chi connectivity index (χ0) is 7.44. The summed E-state index contributed by atoms with van der Waals surface area (Å²) in [6.45, 7) is 0. The maximum Gasteiger partial charge on any atom is 0.322 e. The van der Waals surface area contributed by atoms with Gasteiger partial charge in [-0.1, -0.05) is 0 Å². The fraction of sp³-hybridized carbons (Fsp3) is 0. The van der Waals surface area contributed by atoms with Gasteiger partial charge in [-0.05, 0) is 0 Å². The molecule has 0 aliphatic carbocycles. The van der Waals surface area contributed by atoms with E-state index in [4.69, 9.17) is 4.55 Å². The molecule has 1 atom stereocenters. The number of primary amides is 1. The van der Waals surface area contributed by atoms with Gasteiger partial charge < -0.3 is 5.73 Å². The van der Waals surface area contributed by atoms with Crippen LogP contribution in [0, 0.1) is 0 Å². The first kappa shape index (κ1) is 8.05. The van der Waals surface area contributed by atoms with Crippen LogP contribution in [0.1, 0.15) is 0 Å². The molecule has 1 unspecified atom stereocenters. The summed E-state index contributed by atoms with van der Waals surface area (Å²) in [7, 11) is 0. The molecular formula is C2H4N2O4S. The van der Waals surface area contributed by atoms with Crippen molar-refractivity contribution >= 4 is 23.1 Å². The van der Waals surface area contributed by atoms with Crippen LogP contribution in [0.4, 0.5) is 0 Å². The summed E-state index contributed by atoms with van der Waals surface area (Å²) >= 11 is -2.52. The van der Waals surface area contributed by atoms with Crippen LogP contribution in [0.5, 0.6) is 0 Å². The van der Waals surface area contributed by atoms with Crippen LogP contribution in [-0.4, -0.2) is 20.6 Å². The lowest BCUT2D eigenvalue weighted by atomic mass is 10.6. The molecule has 0 radical (unpaired) electrons. The lowest BCUT2D eigenvalue weighted by Crippen LogP contribution is -2.36. The number of nitrogens with one attached hydrogen (secondary N) is 1. The highest BCUT2D eigenvalue weighted by atomic mass is 32.2. The molecule has 0 aromatic carbocycles. The molecule has 0 rings (SSSR count). The van der Waals surface area contributed by atoms with Crippen LogP contribution in [-0.2, 0) is 20.9 Å². The summed E-state index contributed by atoms with van der Waals surface area (Å²) in [6, 6.07) is 0. The van der Waals surface area contributed by atoms with Crippen molar-refractivity contribution in [1.29, 1.82) is 0 Å². The van der Waals surface area contributed by atoms with Gasteiger partial charge in [-0.15, -0.1) is 0 Å². The molecule has 4 N–H and O–H groups in total. The molecule has 7 heteroatoms. The van der Waals surface area contributed by atoms with E-state index in [1.54, 1.807) is 0 Å². The quantitative estimate of drug-likeness (QED) is 0.290. The monoisotopic (exact) mass is 152 g/mol. The lowest BCUT2D eigenvalue weighted by molar-refractivity contribution is -0.136. The molecule has 0 saturated carbocycles. The Balaban J connectivity index is 3.79.